The number of carbonyl (C=O) groups excluding carboxylic acids is 1. The molecule has 2 N–H and O–H groups in total. The lowest BCUT2D eigenvalue weighted by Gasteiger charge is -2.09. The Morgan fingerprint density at radius 2 is 1.87 bits per heavy atom. The van der Waals surface area contributed by atoms with E-state index in [2.05, 4.69) is 20.4 Å². The maximum atomic E-state index is 12.1. The highest BCUT2D eigenvalue weighted by Crippen LogP contribution is 2.19. The second kappa shape index (κ2) is 10.5. The third-order valence-electron chi connectivity index (χ3n) is 4.43. The Labute approximate surface area is 174 Å². The van der Waals surface area contributed by atoms with Crippen molar-refractivity contribution in [3.63, 3.8) is 0 Å². The van der Waals surface area contributed by atoms with Crippen molar-refractivity contribution in [3.05, 3.63) is 59.7 Å². The summed E-state index contributed by atoms with van der Waals surface area (Å²) in [6.07, 6.45) is 8.40. The summed E-state index contributed by atoms with van der Waals surface area (Å²) in [4.78, 5) is 20.8. The molecular formula is C21H25N5O4. The molecule has 0 amide bonds. The molecular weight excluding hydrogens is 386 g/mol. The van der Waals surface area contributed by atoms with Crippen LogP contribution in [0.3, 0.4) is 0 Å². The Bertz CT molecular complexity index is 972. The van der Waals surface area contributed by atoms with Gasteiger partial charge in [-0.05, 0) is 42.2 Å². The number of aliphatic hydroxyl groups excluding tert-OH is 1. The monoisotopic (exact) mass is 411 g/mol. The fourth-order valence-electron chi connectivity index (χ4n) is 2.92. The molecule has 0 fully saturated rings. The van der Waals surface area contributed by atoms with Crippen molar-refractivity contribution in [1.29, 1.82) is 0 Å². The van der Waals surface area contributed by atoms with Gasteiger partial charge in [0.15, 0.2) is 5.78 Å². The van der Waals surface area contributed by atoms with Crippen LogP contribution in [0.2, 0.25) is 0 Å². The fourth-order valence-corrected chi connectivity index (χ4v) is 2.92. The van der Waals surface area contributed by atoms with Crippen LogP contribution in [0.25, 0.3) is 0 Å². The molecule has 3 rings (SSSR count). The molecule has 0 radical (unpaired) electrons. The molecule has 2 aromatic heterocycles. The molecule has 1 aromatic carbocycles. The maximum Gasteiger partial charge on any atom is 0.227 e. The third-order valence-corrected chi connectivity index (χ3v) is 4.43. The number of rotatable bonds is 11. The molecule has 0 bridgehead atoms. The van der Waals surface area contributed by atoms with E-state index in [-0.39, 0.29) is 19.0 Å². The number of ether oxygens (including phenoxy) is 2. The van der Waals surface area contributed by atoms with Crippen molar-refractivity contribution in [2.24, 2.45) is 0 Å². The zero-order valence-electron chi connectivity index (χ0n) is 17.0. The molecule has 0 unspecified atom stereocenters. The van der Waals surface area contributed by atoms with Crippen LogP contribution < -0.4 is 10.1 Å². The van der Waals surface area contributed by atoms with E-state index in [1.165, 1.54) is 7.11 Å². The highest BCUT2D eigenvalue weighted by atomic mass is 16.5. The van der Waals surface area contributed by atoms with Crippen LogP contribution in [0.5, 0.6) is 5.75 Å². The number of benzene rings is 1. The lowest BCUT2D eigenvalue weighted by atomic mass is 10.0. The highest BCUT2D eigenvalue weighted by Gasteiger charge is 2.10. The first-order valence-electron chi connectivity index (χ1n) is 9.52. The van der Waals surface area contributed by atoms with Crippen LogP contribution in [0.1, 0.15) is 21.5 Å². The number of anilines is 2. The van der Waals surface area contributed by atoms with Gasteiger partial charge in [0.25, 0.3) is 0 Å². The third kappa shape index (κ3) is 5.85. The number of hydrogen-bond donors (Lipinski definition) is 2. The summed E-state index contributed by atoms with van der Waals surface area (Å²) in [7, 11) is 3.08. The molecule has 30 heavy (non-hydrogen) atoms. The van der Waals surface area contributed by atoms with Gasteiger partial charge >= 0.3 is 0 Å². The second-order valence-electron chi connectivity index (χ2n) is 6.68. The smallest absolute Gasteiger partial charge is 0.227 e. The SMILES string of the molecule is COCC(=O)c1cc(CCc2cnc(Nc3cnn(CCO)c3)nc2)cc(OC)c1. The average Bonchev–Trinajstić information content (AvgIpc) is 3.20. The van der Waals surface area contributed by atoms with Crippen LogP contribution >= 0.6 is 0 Å². The number of carbonyl (C=O) groups is 1. The molecule has 0 aliphatic rings. The van der Waals surface area contributed by atoms with Gasteiger partial charge in [-0.25, -0.2) is 9.97 Å². The van der Waals surface area contributed by atoms with Crippen LogP contribution in [-0.4, -0.2) is 58.1 Å². The minimum absolute atomic E-state index is 0.0294. The second-order valence-corrected chi connectivity index (χ2v) is 6.68. The van der Waals surface area contributed by atoms with E-state index < -0.39 is 0 Å². The van der Waals surface area contributed by atoms with Crippen LogP contribution in [0.4, 0.5) is 11.6 Å². The maximum absolute atomic E-state index is 12.1. The van der Waals surface area contributed by atoms with E-state index in [1.54, 1.807) is 42.6 Å². The Kier molecular flexibility index (Phi) is 7.47. The number of methoxy groups -OCH3 is 2. The molecule has 2 heterocycles. The number of nitrogens with zero attached hydrogens (tertiary/aromatic N) is 4. The molecule has 0 spiro atoms. The molecule has 0 atom stereocenters. The molecule has 0 saturated carbocycles. The molecule has 3 aromatic rings. The summed E-state index contributed by atoms with van der Waals surface area (Å²) in [6.45, 7) is 0.500. The van der Waals surface area contributed by atoms with Gasteiger partial charge in [0.1, 0.15) is 12.4 Å². The van der Waals surface area contributed by atoms with Gasteiger partial charge in [-0.15, -0.1) is 0 Å². The molecule has 0 saturated heterocycles. The van der Waals surface area contributed by atoms with Gasteiger partial charge in [-0.1, -0.05) is 0 Å². The Hall–Kier alpha value is -3.30. The van der Waals surface area contributed by atoms with E-state index in [1.807, 2.05) is 12.1 Å². The summed E-state index contributed by atoms with van der Waals surface area (Å²) >= 11 is 0. The van der Waals surface area contributed by atoms with Crippen molar-refractivity contribution < 1.29 is 19.4 Å². The standard InChI is InChI=1S/C21H25N5O4/c1-29-14-20(28)17-7-15(8-19(9-17)30-2)3-4-16-10-22-21(23-11-16)25-18-12-24-26(13-18)5-6-27/h7-13,27H,3-6,14H2,1-2H3,(H,22,23,25). The van der Waals surface area contributed by atoms with Gasteiger partial charge in [0, 0.05) is 31.3 Å². The minimum atomic E-state index is -0.0845. The number of Topliss-reactive ketones (excluding diaryl/α,β-unsaturated/α-hetero) is 1. The first-order chi connectivity index (χ1) is 14.6. The zero-order chi connectivity index (χ0) is 21.3. The first kappa shape index (κ1) is 21.4. The summed E-state index contributed by atoms with van der Waals surface area (Å²) in [5.41, 5.74) is 3.29. The first-order valence-corrected chi connectivity index (χ1v) is 9.52. The average molecular weight is 411 g/mol. The number of aryl methyl sites for hydroxylation is 2. The predicted molar refractivity (Wildman–Crippen MR) is 111 cm³/mol. The topological polar surface area (TPSA) is 111 Å². The Morgan fingerprint density at radius 3 is 2.57 bits per heavy atom. The molecule has 0 aliphatic carbocycles. The van der Waals surface area contributed by atoms with Gasteiger partial charge in [-0.3, -0.25) is 9.48 Å². The van der Waals surface area contributed by atoms with Gasteiger partial charge in [0.05, 0.1) is 32.1 Å². The van der Waals surface area contributed by atoms with Crippen molar-refractivity contribution in [1.82, 2.24) is 19.7 Å². The number of nitrogens with one attached hydrogen (secondary N) is 1. The Morgan fingerprint density at radius 1 is 1.10 bits per heavy atom. The lowest BCUT2D eigenvalue weighted by molar-refractivity contribution is 0.0847. The molecule has 158 valence electrons. The Balaban J connectivity index is 1.61. The van der Waals surface area contributed by atoms with E-state index in [0.717, 1.165) is 23.2 Å². The van der Waals surface area contributed by atoms with E-state index in [4.69, 9.17) is 14.6 Å². The summed E-state index contributed by atoms with van der Waals surface area (Å²) < 4.78 is 11.9. The fraction of sp³-hybridized carbons (Fsp3) is 0.333. The van der Waals surface area contributed by atoms with Gasteiger partial charge in [-0.2, -0.15) is 5.10 Å². The van der Waals surface area contributed by atoms with E-state index in [9.17, 15) is 4.79 Å². The largest absolute Gasteiger partial charge is 0.497 e. The predicted octanol–water partition coefficient (Wildman–Crippen LogP) is 2.03. The van der Waals surface area contributed by atoms with Crippen LogP contribution in [0, 0.1) is 0 Å². The zero-order valence-corrected chi connectivity index (χ0v) is 17.0. The van der Waals surface area contributed by atoms with Crippen molar-refractivity contribution in [2.45, 2.75) is 19.4 Å². The highest BCUT2D eigenvalue weighted by molar-refractivity contribution is 5.97. The molecule has 0 aliphatic heterocycles. The van der Waals surface area contributed by atoms with Gasteiger partial charge in [0.2, 0.25) is 5.95 Å². The summed E-state index contributed by atoms with van der Waals surface area (Å²) in [6, 6.07) is 5.51. The number of aliphatic hydroxyl groups is 1. The molecule has 9 nitrogen and oxygen atoms in total. The van der Waals surface area contributed by atoms with Crippen molar-refractivity contribution >= 4 is 17.4 Å². The van der Waals surface area contributed by atoms with Crippen molar-refractivity contribution in [3.8, 4) is 5.75 Å². The van der Waals surface area contributed by atoms with Gasteiger partial charge < -0.3 is 19.9 Å². The van der Waals surface area contributed by atoms with Crippen molar-refractivity contribution in [2.75, 3.05) is 32.8 Å². The summed E-state index contributed by atoms with van der Waals surface area (Å²) in [5, 5.41) is 16.1. The van der Waals surface area contributed by atoms with E-state index in [0.29, 0.717) is 30.2 Å². The normalized spacial score (nSPS) is 10.8. The number of aromatic nitrogens is 4. The van der Waals surface area contributed by atoms with Crippen LogP contribution in [0.15, 0.2) is 43.0 Å². The van der Waals surface area contributed by atoms with E-state index >= 15 is 0 Å². The summed E-state index contributed by atoms with van der Waals surface area (Å²) in [5.74, 6) is 1.03. The minimum Gasteiger partial charge on any atom is -0.497 e. The van der Waals surface area contributed by atoms with Crippen LogP contribution in [-0.2, 0) is 24.1 Å². The molecule has 9 heteroatoms. The quantitative estimate of drug-likeness (QED) is 0.461. The number of ketones is 1. The number of hydrogen-bond acceptors (Lipinski definition) is 8. The lowest BCUT2D eigenvalue weighted by Crippen LogP contribution is -2.08.